The molecule has 0 bridgehead atoms. The molecule has 308 valence electrons. The van der Waals surface area contributed by atoms with Gasteiger partial charge in [0, 0.05) is 36.6 Å². The largest absolute Gasteiger partial charge is 0.457 e. The molecule has 57 heavy (non-hydrogen) atoms. The average Bonchev–Trinajstić information content (AvgIpc) is 3.25. The number of hydrogen-bond donors (Lipinski definition) is 0. The molecule has 0 atom stereocenters. The third kappa shape index (κ3) is 13.2. The summed E-state index contributed by atoms with van der Waals surface area (Å²) < 4.78 is 7.08. The van der Waals surface area contributed by atoms with Crippen LogP contribution in [0.5, 0.6) is 11.5 Å². The Balaban J connectivity index is 1.11. The first-order valence-electron chi connectivity index (χ1n) is 23.6. The van der Waals surface area contributed by atoms with Crippen molar-refractivity contribution in [2.24, 2.45) is 11.8 Å². The molecule has 5 heteroatoms. The lowest BCUT2D eigenvalue weighted by molar-refractivity contribution is 0.312. The van der Waals surface area contributed by atoms with Crippen molar-refractivity contribution in [1.82, 2.24) is 19.9 Å². The Morgan fingerprint density at radius 1 is 0.439 bits per heavy atom. The summed E-state index contributed by atoms with van der Waals surface area (Å²) in [5.41, 5.74) is 8.24. The Kier molecular flexibility index (Phi) is 17.4. The minimum Gasteiger partial charge on any atom is -0.457 e. The summed E-state index contributed by atoms with van der Waals surface area (Å²) in [6.07, 6.45) is 37.0. The van der Waals surface area contributed by atoms with Gasteiger partial charge >= 0.3 is 0 Å². The maximum Gasteiger partial charge on any atom is 0.131 e. The van der Waals surface area contributed by atoms with Crippen LogP contribution in [0.15, 0.2) is 61.2 Å². The van der Waals surface area contributed by atoms with Gasteiger partial charge in [0.15, 0.2) is 0 Å². The zero-order valence-corrected chi connectivity index (χ0v) is 36.3. The smallest absolute Gasteiger partial charge is 0.131 e. The fraction of sp³-hybridized carbons (Fsp3) is 0.615. The second-order valence-electron chi connectivity index (χ2n) is 17.9. The number of aromatic nitrogens is 4. The molecule has 0 aliphatic heterocycles. The van der Waals surface area contributed by atoms with Crippen LogP contribution < -0.4 is 4.74 Å². The van der Waals surface area contributed by atoms with E-state index in [-0.39, 0.29) is 0 Å². The van der Waals surface area contributed by atoms with Gasteiger partial charge in [-0.15, -0.1) is 0 Å². The first kappa shape index (κ1) is 43.0. The summed E-state index contributed by atoms with van der Waals surface area (Å²) in [4.78, 5) is 19.4. The highest BCUT2D eigenvalue weighted by molar-refractivity contribution is 5.45. The van der Waals surface area contributed by atoms with E-state index in [4.69, 9.17) is 24.7 Å². The minimum atomic E-state index is 0.481. The van der Waals surface area contributed by atoms with Gasteiger partial charge in [-0.2, -0.15) is 0 Å². The van der Waals surface area contributed by atoms with Gasteiger partial charge in [-0.1, -0.05) is 90.5 Å². The molecule has 2 aromatic heterocycles. The predicted octanol–water partition coefficient (Wildman–Crippen LogP) is 14.2. The summed E-state index contributed by atoms with van der Waals surface area (Å²) in [7, 11) is 0. The standard InChI is InChI=1S/C52H74N4O/c1-5-9-13-17-43-35-53-51(54-36-43)45-25-19-41(20-26-45)33-47-31-39(15-11-7-3)23-29-49(47)57-50-30-24-40(16-12-8-4)32-48(50)34-42-21-27-46(28-22-42)52-55-37-44(38-56-52)18-14-10-6-2/h23-24,29-32,35-38,41-42,45-46H,5-22,25-28,33-34H2,1-4H3. The fourth-order valence-electron chi connectivity index (χ4n) is 9.41. The van der Waals surface area contributed by atoms with Crippen molar-refractivity contribution in [2.45, 2.75) is 194 Å². The SMILES string of the molecule is CCCCCc1cnc(C2CCC(Cc3cc(CCCC)ccc3Oc3ccc(CCCC)cc3CC3CCC(c4ncc(CCCCC)cn4)CC3)CC2)nc1. The van der Waals surface area contributed by atoms with Crippen molar-refractivity contribution < 1.29 is 4.74 Å². The van der Waals surface area contributed by atoms with Gasteiger partial charge in [0.2, 0.25) is 0 Å². The van der Waals surface area contributed by atoms with E-state index in [2.05, 4.69) is 88.9 Å². The van der Waals surface area contributed by atoms with Gasteiger partial charge < -0.3 is 4.74 Å². The molecule has 5 nitrogen and oxygen atoms in total. The van der Waals surface area contributed by atoms with E-state index in [1.54, 1.807) is 0 Å². The van der Waals surface area contributed by atoms with E-state index < -0.39 is 0 Å². The molecule has 6 rings (SSSR count). The summed E-state index contributed by atoms with van der Waals surface area (Å²) >= 11 is 0. The molecular weight excluding hydrogens is 697 g/mol. The van der Waals surface area contributed by atoms with Crippen LogP contribution in [0.3, 0.4) is 0 Å². The fourth-order valence-corrected chi connectivity index (χ4v) is 9.41. The Labute approximate surface area is 346 Å². The van der Waals surface area contributed by atoms with E-state index in [9.17, 15) is 0 Å². The van der Waals surface area contributed by atoms with Crippen molar-refractivity contribution >= 4 is 0 Å². The quantitative estimate of drug-likeness (QED) is 0.0745. The zero-order valence-electron chi connectivity index (χ0n) is 36.3. The van der Waals surface area contributed by atoms with Crippen molar-refractivity contribution in [2.75, 3.05) is 0 Å². The Hall–Kier alpha value is -3.60. The van der Waals surface area contributed by atoms with Crippen LogP contribution in [0.2, 0.25) is 0 Å². The van der Waals surface area contributed by atoms with Gasteiger partial charge in [-0.05, 0) is 173 Å². The van der Waals surface area contributed by atoms with Crippen LogP contribution in [0.1, 0.15) is 200 Å². The van der Waals surface area contributed by atoms with E-state index in [0.717, 1.165) is 61.7 Å². The predicted molar refractivity (Wildman–Crippen MR) is 238 cm³/mol. The third-order valence-electron chi connectivity index (χ3n) is 13.1. The highest BCUT2D eigenvalue weighted by atomic mass is 16.5. The minimum absolute atomic E-state index is 0.481. The summed E-state index contributed by atoms with van der Waals surface area (Å²) in [5.74, 6) is 6.51. The maximum absolute atomic E-state index is 7.08. The van der Waals surface area contributed by atoms with Crippen LogP contribution >= 0.6 is 0 Å². The molecule has 0 spiro atoms. The van der Waals surface area contributed by atoms with Crippen LogP contribution in [0.4, 0.5) is 0 Å². The molecule has 2 aliphatic rings. The van der Waals surface area contributed by atoms with E-state index in [0.29, 0.717) is 23.7 Å². The molecule has 2 fully saturated rings. The lowest BCUT2D eigenvalue weighted by atomic mass is 9.78. The van der Waals surface area contributed by atoms with Crippen molar-refractivity contribution in [3.63, 3.8) is 0 Å². The lowest BCUT2D eigenvalue weighted by Crippen LogP contribution is -2.18. The molecule has 2 heterocycles. The molecule has 0 unspecified atom stereocenters. The topological polar surface area (TPSA) is 60.8 Å². The summed E-state index contributed by atoms with van der Waals surface area (Å²) in [5, 5.41) is 0. The van der Waals surface area contributed by atoms with Gasteiger partial charge in [0.25, 0.3) is 0 Å². The molecule has 0 saturated heterocycles. The first-order valence-corrected chi connectivity index (χ1v) is 23.6. The Bertz CT molecular complexity index is 1610. The number of unbranched alkanes of at least 4 members (excludes halogenated alkanes) is 6. The van der Waals surface area contributed by atoms with E-state index in [1.807, 2.05) is 0 Å². The number of rotatable bonds is 22. The summed E-state index contributed by atoms with van der Waals surface area (Å²) in [6.45, 7) is 9.10. The van der Waals surface area contributed by atoms with Crippen LogP contribution in [-0.2, 0) is 38.5 Å². The van der Waals surface area contributed by atoms with E-state index in [1.165, 1.54) is 149 Å². The lowest BCUT2D eigenvalue weighted by Gasteiger charge is -2.29. The Morgan fingerprint density at radius 3 is 1.18 bits per heavy atom. The second-order valence-corrected chi connectivity index (χ2v) is 17.9. The van der Waals surface area contributed by atoms with Crippen molar-refractivity contribution in [3.8, 4) is 11.5 Å². The maximum atomic E-state index is 7.08. The highest BCUT2D eigenvalue weighted by Gasteiger charge is 2.27. The normalized spacial score (nSPS) is 19.8. The van der Waals surface area contributed by atoms with Crippen molar-refractivity contribution in [1.29, 1.82) is 0 Å². The molecule has 0 radical (unpaired) electrons. The number of aryl methyl sites for hydroxylation is 4. The van der Waals surface area contributed by atoms with Gasteiger partial charge in [0.05, 0.1) is 0 Å². The highest BCUT2D eigenvalue weighted by Crippen LogP contribution is 2.41. The third-order valence-corrected chi connectivity index (χ3v) is 13.1. The molecule has 4 aromatic rings. The van der Waals surface area contributed by atoms with Gasteiger partial charge in [0.1, 0.15) is 23.1 Å². The number of hydrogen-bond acceptors (Lipinski definition) is 5. The number of ether oxygens (including phenoxy) is 1. The zero-order chi connectivity index (χ0) is 39.7. The second kappa shape index (κ2) is 23.1. The van der Waals surface area contributed by atoms with Gasteiger partial charge in [-0.25, -0.2) is 19.9 Å². The first-order chi connectivity index (χ1) is 28.0. The monoisotopic (exact) mass is 771 g/mol. The molecule has 2 aromatic carbocycles. The van der Waals surface area contributed by atoms with Crippen molar-refractivity contribution in [3.05, 3.63) is 106 Å². The molecule has 2 saturated carbocycles. The molecule has 0 amide bonds. The average molecular weight is 771 g/mol. The molecular formula is C52H74N4O. The van der Waals surface area contributed by atoms with E-state index >= 15 is 0 Å². The van der Waals surface area contributed by atoms with Crippen LogP contribution in [-0.4, -0.2) is 19.9 Å². The number of benzene rings is 2. The van der Waals surface area contributed by atoms with Crippen LogP contribution in [0, 0.1) is 11.8 Å². The van der Waals surface area contributed by atoms with Gasteiger partial charge in [-0.3, -0.25) is 0 Å². The Morgan fingerprint density at radius 2 is 0.807 bits per heavy atom. The summed E-state index contributed by atoms with van der Waals surface area (Å²) in [6, 6.07) is 14.2. The molecule has 2 aliphatic carbocycles. The van der Waals surface area contributed by atoms with Crippen LogP contribution in [0.25, 0.3) is 0 Å². The number of nitrogens with zero attached hydrogens (tertiary/aromatic N) is 4. The molecule has 0 N–H and O–H groups in total.